The molecule has 2 aromatic carbocycles. The summed E-state index contributed by atoms with van der Waals surface area (Å²) in [4.78, 5) is 28.9. The van der Waals surface area contributed by atoms with E-state index in [2.05, 4.69) is 55.4 Å². The first-order chi connectivity index (χ1) is 13.2. The third-order valence-electron chi connectivity index (χ3n) is 2.99. The number of thiocarbonyl (C=S) groups is 2. The number of hydrogen-bond donors (Lipinski definition) is 2. The largest absolute Gasteiger partial charge is 0.419 e. The number of hydrogen-bond acceptors (Lipinski definition) is 9. The van der Waals surface area contributed by atoms with E-state index >= 15 is 0 Å². The fraction of sp³-hybridized carbons (Fsp3) is 0.118. The SMILES string of the molecule is O=C(Nc1ccc(N=C=S)cc1)OCOOCNc1ccc(N=C=S)cc1. The van der Waals surface area contributed by atoms with Gasteiger partial charge < -0.3 is 10.1 Å². The zero-order chi connectivity index (χ0) is 19.3. The van der Waals surface area contributed by atoms with Crippen molar-refractivity contribution in [1.29, 1.82) is 0 Å². The van der Waals surface area contributed by atoms with Gasteiger partial charge in [-0.05, 0) is 73.0 Å². The van der Waals surface area contributed by atoms with Gasteiger partial charge in [-0.3, -0.25) is 5.32 Å². The summed E-state index contributed by atoms with van der Waals surface area (Å²) in [5.74, 6) is 0. The van der Waals surface area contributed by atoms with Gasteiger partial charge in [-0.25, -0.2) is 9.68 Å². The zero-order valence-electron chi connectivity index (χ0n) is 13.9. The summed E-state index contributed by atoms with van der Waals surface area (Å²) in [5, 5.41) is 10.0. The van der Waals surface area contributed by atoms with Gasteiger partial charge in [0.15, 0.2) is 6.73 Å². The molecule has 27 heavy (non-hydrogen) atoms. The van der Waals surface area contributed by atoms with Gasteiger partial charge in [-0.2, -0.15) is 14.9 Å². The molecule has 0 heterocycles. The van der Waals surface area contributed by atoms with Crippen LogP contribution in [0.15, 0.2) is 58.5 Å². The first-order valence-corrected chi connectivity index (χ1v) is 8.31. The van der Waals surface area contributed by atoms with Crippen LogP contribution in [0.3, 0.4) is 0 Å². The molecule has 2 aromatic rings. The second kappa shape index (κ2) is 11.6. The van der Waals surface area contributed by atoms with Crippen LogP contribution in [0.4, 0.5) is 27.5 Å². The highest BCUT2D eigenvalue weighted by molar-refractivity contribution is 7.78. The molecule has 1 amide bonds. The topological polar surface area (TPSA) is 93.5 Å². The molecule has 0 aliphatic heterocycles. The minimum absolute atomic E-state index is 0.0581. The number of nitrogens with zero attached hydrogens (tertiary/aromatic N) is 2. The fourth-order valence-corrected chi connectivity index (χ4v) is 2.01. The monoisotopic (exact) mass is 402 g/mol. The molecule has 8 nitrogen and oxygen atoms in total. The maximum Gasteiger partial charge on any atom is 0.413 e. The molecule has 0 atom stereocenters. The Labute approximate surface area is 165 Å². The van der Waals surface area contributed by atoms with Gasteiger partial charge in [0.2, 0.25) is 6.79 Å². The fourth-order valence-electron chi connectivity index (χ4n) is 1.80. The summed E-state index contributed by atoms with van der Waals surface area (Å²) in [5.41, 5.74) is 2.66. The predicted molar refractivity (Wildman–Crippen MR) is 108 cm³/mol. The van der Waals surface area contributed by atoms with Crippen molar-refractivity contribution in [2.75, 3.05) is 24.2 Å². The molecule has 10 heteroatoms. The lowest BCUT2D eigenvalue weighted by molar-refractivity contribution is -0.322. The normalized spacial score (nSPS) is 9.48. The van der Waals surface area contributed by atoms with Crippen molar-refractivity contribution in [1.82, 2.24) is 0 Å². The molecule has 0 fully saturated rings. The molecule has 0 aliphatic rings. The number of isothiocyanates is 2. The zero-order valence-corrected chi connectivity index (χ0v) is 15.5. The second-order valence-electron chi connectivity index (χ2n) is 4.73. The molecule has 2 N–H and O–H groups in total. The Morgan fingerprint density at radius 3 is 2.00 bits per heavy atom. The number of anilines is 2. The molecular formula is C17H14N4O4S2. The molecule has 0 bridgehead atoms. The summed E-state index contributed by atoms with van der Waals surface area (Å²) < 4.78 is 4.81. The third kappa shape index (κ3) is 7.85. The van der Waals surface area contributed by atoms with Crippen molar-refractivity contribution < 1.29 is 19.3 Å². The van der Waals surface area contributed by atoms with E-state index in [-0.39, 0.29) is 13.5 Å². The summed E-state index contributed by atoms with van der Waals surface area (Å²) in [6.45, 7) is -0.314. The van der Waals surface area contributed by atoms with E-state index in [1.54, 1.807) is 48.5 Å². The molecule has 0 radical (unpaired) electrons. The Kier molecular flexibility index (Phi) is 8.75. The highest BCUT2D eigenvalue weighted by atomic mass is 32.1. The molecule has 0 saturated carbocycles. The molecule has 0 saturated heterocycles. The Hall–Kier alpha value is -2.97. The van der Waals surface area contributed by atoms with Crippen LogP contribution in [0.5, 0.6) is 0 Å². The van der Waals surface area contributed by atoms with Crippen LogP contribution in [-0.2, 0) is 14.5 Å². The van der Waals surface area contributed by atoms with Crippen LogP contribution in [0.25, 0.3) is 0 Å². The molecule has 138 valence electrons. The first kappa shape index (κ1) is 20.3. The Bertz CT molecular complexity index is 846. The molecule has 0 unspecified atom stereocenters. The average Bonchev–Trinajstić information content (AvgIpc) is 2.68. The summed E-state index contributed by atoms with van der Waals surface area (Å²) >= 11 is 9.04. The Balaban J connectivity index is 1.59. The third-order valence-corrected chi connectivity index (χ3v) is 3.17. The van der Waals surface area contributed by atoms with Gasteiger partial charge in [-0.15, -0.1) is 0 Å². The number of amides is 1. The van der Waals surface area contributed by atoms with Gasteiger partial charge in [0, 0.05) is 11.4 Å². The highest BCUT2D eigenvalue weighted by Crippen LogP contribution is 2.16. The van der Waals surface area contributed by atoms with Crippen LogP contribution >= 0.6 is 24.4 Å². The average molecular weight is 402 g/mol. The van der Waals surface area contributed by atoms with Crippen LogP contribution in [0.2, 0.25) is 0 Å². The lowest BCUT2D eigenvalue weighted by atomic mass is 10.3. The number of rotatable bonds is 9. The summed E-state index contributed by atoms with van der Waals surface area (Å²) in [6, 6.07) is 13.8. The summed E-state index contributed by atoms with van der Waals surface area (Å²) in [7, 11) is 0. The van der Waals surface area contributed by atoms with E-state index in [4.69, 9.17) is 14.5 Å². The van der Waals surface area contributed by atoms with Crippen LogP contribution < -0.4 is 10.6 Å². The van der Waals surface area contributed by atoms with Crippen molar-refractivity contribution in [2.45, 2.75) is 0 Å². The number of carbonyl (C=O) groups is 1. The number of carbonyl (C=O) groups excluding carboxylic acids is 1. The van der Waals surface area contributed by atoms with Crippen molar-refractivity contribution in [3.05, 3.63) is 48.5 Å². The van der Waals surface area contributed by atoms with E-state index in [1.807, 2.05) is 0 Å². The minimum atomic E-state index is -0.688. The second-order valence-corrected chi connectivity index (χ2v) is 5.10. The molecule has 0 aliphatic carbocycles. The van der Waals surface area contributed by atoms with Crippen molar-refractivity contribution in [3.8, 4) is 0 Å². The quantitative estimate of drug-likeness (QED) is 0.157. The minimum Gasteiger partial charge on any atom is -0.419 e. The maximum absolute atomic E-state index is 11.6. The molecule has 0 spiro atoms. The Morgan fingerprint density at radius 2 is 1.44 bits per heavy atom. The standard InChI is InChI=1S/C17H14N4O4S2/c22-17(21-16-7-5-15(6-8-16)20-11-27)23-12-25-24-9-18-13-1-3-14(4-2-13)19-10-26/h1-8,18H,9,12H2,(H,21,22). The van der Waals surface area contributed by atoms with Crippen LogP contribution in [0.1, 0.15) is 0 Å². The number of aliphatic imine (C=N–C) groups is 2. The maximum atomic E-state index is 11.6. The number of nitrogens with one attached hydrogen (secondary N) is 2. The van der Waals surface area contributed by atoms with Gasteiger partial charge >= 0.3 is 6.09 Å². The predicted octanol–water partition coefficient (Wildman–Crippen LogP) is 4.68. The lowest BCUT2D eigenvalue weighted by Crippen LogP contribution is -2.16. The van der Waals surface area contributed by atoms with Gasteiger partial charge in [0.05, 0.1) is 21.7 Å². The van der Waals surface area contributed by atoms with Gasteiger partial charge in [0.25, 0.3) is 0 Å². The van der Waals surface area contributed by atoms with Crippen molar-refractivity contribution >= 4 is 63.6 Å². The molecule has 0 aromatic heterocycles. The van der Waals surface area contributed by atoms with E-state index < -0.39 is 6.09 Å². The Morgan fingerprint density at radius 1 is 0.889 bits per heavy atom. The van der Waals surface area contributed by atoms with Crippen molar-refractivity contribution in [3.63, 3.8) is 0 Å². The number of ether oxygens (including phenoxy) is 1. The van der Waals surface area contributed by atoms with E-state index in [0.717, 1.165) is 5.69 Å². The van der Waals surface area contributed by atoms with Gasteiger partial charge in [-0.1, -0.05) is 0 Å². The molecule has 2 rings (SSSR count). The van der Waals surface area contributed by atoms with Crippen LogP contribution in [-0.4, -0.2) is 29.9 Å². The van der Waals surface area contributed by atoms with E-state index in [9.17, 15) is 4.79 Å². The van der Waals surface area contributed by atoms with E-state index in [1.165, 1.54) is 0 Å². The van der Waals surface area contributed by atoms with E-state index in [0.29, 0.717) is 17.1 Å². The highest BCUT2D eigenvalue weighted by Gasteiger charge is 2.03. The smallest absolute Gasteiger partial charge is 0.413 e. The number of benzene rings is 2. The summed E-state index contributed by atoms with van der Waals surface area (Å²) in [6.07, 6.45) is -0.688. The first-order valence-electron chi connectivity index (χ1n) is 7.49. The van der Waals surface area contributed by atoms with Crippen molar-refractivity contribution in [2.24, 2.45) is 9.98 Å². The van der Waals surface area contributed by atoms with Crippen LogP contribution in [0, 0.1) is 0 Å². The lowest BCUT2D eigenvalue weighted by Gasteiger charge is -2.08. The molecular weight excluding hydrogens is 388 g/mol. The van der Waals surface area contributed by atoms with Gasteiger partial charge in [0.1, 0.15) is 0 Å².